The molecule has 2 aromatic rings. The number of nitrogens with zero attached hydrogens (tertiary/aromatic N) is 2. The Hall–Kier alpha value is -2.72. The summed E-state index contributed by atoms with van der Waals surface area (Å²) in [4.78, 5) is 27.8. The van der Waals surface area contributed by atoms with Crippen molar-refractivity contribution in [3.05, 3.63) is 64.7 Å². The molecule has 1 atom stereocenters. The van der Waals surface area contributed by atoms with Gasteiger partial charge in [-0.2, -0.15) is 0 Å². The Bertz CT molecular complexity index is 1220. The molecule has 0 spiro atoms. The molecule has 0 heterocycles. The largest absolute Gasteiger partial charge is 0.352 e. The highest BCUT2D eigenvalue weighted by Gasteiger charge is 2.29. The third-order valence-electron chi connectivity index (χ3n) is 6.51. The summed E-state index contributed by atoms with van der Waals surface area (Å²) in [7, 11) is -3.83. The van der Waals surface area contributed by atoms with Gasteiger partial charge in [0.05, 0.1) is 11.9 Å². The lowest BCUT2D eigenvalue weighted by Crippen LogP contribution is -2.49. The van der Waals surface area contributed by atoms with Crippen LogP contribution in [-0.2, 0) is 26.2 Å². The standard InChI is InChI=1S/C26H32ClF2N3O4S/c1-18(26(34)30-20-9-4-5-10-20)31(17-19-8-3-6-11-22(19)27)25(33)12-7-15-32(37(2,35)36)21-13-14-23(28)24(29)16-21/h3,6,8,11,13-14,16,18,20H,4-5,7,9-10,12,15,17H2,1-2H3,(H,30,34)/t18-/m1/s1. The number of anilines is 1. The number of halogens is 3. The van der Waals surface area contributed by atoms with E-state index < -0.39 is 27.7 Å². The van der Waals surface area contributed by atoms with Crippen molar-refractivity contribution >= 4 is 39.1 Å². The van der Waals surface area contributed by atoms with Gasteiger partial charge in [-0.1, -0.05) is 42.6 Å². The first-order valence-corrected chi connectivity index (χ1v) is 14.5. The first-order valence-electron chi connectivity index (χ1n) is 12.2. The van der Waals surface area contributed by atoms with Crippen LogP contribution < -0.4 is 9.62 Å². The summed E-state index contributed by atoms with van der Waals surface area (Å²) >= 11 is 6.31. The Labute approximate surface area is 221 Å². The highest BCUT2D eigenvalue weighted by atomic mass is 35.5. The number of amides is 2. The van der Waals surface area contributed by atoms with Crippen LogP contribution in [0.3, 0.4) is 0 Å². The van der Waals surface area contributed by atoms with E-state index in [1.165, 1.54) is 11.0 Å². The van der Waals surface area contributed by atoms with Crippen LogP contribution in [0.2, 0.25) is 5.02 Å². The molecule has 1 N–H and O–H groups in total. The van der Waals surface area contributed by atoms with Crippen molar-refractivity contribution in [2.75, 3.05) is 17.1 Å². The molecule has 0 aliphatic heterocycles. The van der Waals surface area contributed by atoms with E-state index in [0.29, 0.717) is 10.6 Å². The van der Waals surface area contributed by atoms with Gasteiger partial charge in [-0.3, -0.25) is 13.9 Å². The van der Waals surface area contributed by atoms with Gasteiger partial charge in [0.1, 0.15) is 6.04 Å². The summed E-state index contributed by atoms with van der Waals surface area (Å²) in [5.41, 5.74) is 0.642. The molecule has 202 valence electrons. The topological polar surface area (TPSA) is 86.8 Å². The molecule has 0 unspecified atom stereocenters. The van der Waals surface area contributed by atoms with Crippen LogP contribution >= 0.6 is 11.6 Å². The van der Waals surface area contributed by atoms with E-state index in [9.17, 15) is 26.8 Å². The molecule has 37 heavy (non-hydrogen) atoms. The molecular formula is C26H32ClF2N3O4S. The molecule has 1 aliphatic carbocycles. The molecule has 1 saturated carbocycles. The summed E-state index contributed by atoms with van der Waals surface area (Å²) in [6, 6.07) is 9.17. The molecule has 1 aliphatic rings. The van der Waals surface area contributed by atoms with Crippen LogP contribution in [0.1, 0.15) is 51.0 Å². The molecule has 0 bridgehead atoms. The zero-order chi connectivity index (χ0) is 27.2. The van der Waals surface area contributed by atoms with Crippen LogP contribution in [0.5, 0.6) is 0 Å². The number of sulfonamides is 1. The molecule has 0 radical (unpaired) electrons. The van der Waals surface area contributed by atoms with E-state index in [2.05, 4.69) is 5.32 Å². The van der Waals surface area contributed by atoms with Gasteiger partial charge in [-0.15, -0.1) is 0 Å². The van der Waals surface area contributed by atoms with Crippen molar-refractivity contribution < 1.29 is 26.8 Å². The van der Waals surface area contributed by atoms with Gasteiger partial charge in [0.2, 0.25) is 21.8 Å². The molecule has 2 amide bonds. The first-order chi connectivity index (χ1) is 17.5. The lowest BCUT2D eigenvalue weighted by molar-refractivity contribution is -0.140. The zero-order valence-corrected chi connectivity index (χ0v) is 22.5. The normalized spacial score (nSPS) is 14.8. The van der Waals surface area contributed by atoms with Crippen LogP contribution in [0, 0.1) is 11.6 Å². The Balaban J connectivity index is 1.73. The summed E-state index contributed by atoms with van der Waals surface area (Å²) < 4.78 is 52.7. The highest BCUT2D eigenvalue weighted by Crippen LogP contribution is 2.23. The van der Waals surface area contributed by atoms with E-state index in [0.717, 1.165) is 48.4 Å². The van der Waals surface area contributed by atoms with Crippen molar-refractivity contribution in [2.24, 2.45) is 0 Å². The van der Waals surface area contributed by atoms with Crippen molar-refractivity contribution in [3.63, 3.8) is 0 Å². The van der Waals surface area contributed by atoms with E-state index in [4.69, 9.17) is 11.6 Å². The SMILES string of the molecule is C[C@H](C(=O)NC1CCCC1)N(Cc1ccccc1Cl)C(=O)CCCN(c1ccc(F)c(F)c1)S(C)(=O)=O. The molecule has 0 saturated heterocycles. The quantitative estimate of drug-likeness (QED) is 0.437. The summed E-state index contributed by atoms with van der Waals surface area (Å²) in [5, 5.41) is 3.48. The van der Waals surface area contributed by atoms with E-state index in [1.54, 1.807) is 31.2 Å². The molecule has 0 aromatic heterocycles. The highest BCUT2D eigenvalue weighted by molar-refractivity contribution is 7.92. The fourth-order valence-electron chi connectivity index (χ4n) is 4.43. The van der Waals surface area contributed by atoms with Gasteiger partial charge in [0.15, 0.2) is 11.6 Å². The first kappa shape index (κ1) is 28.8. The average Bonchev–Trinajstić information content (AvgIpc) is 3.35. The Morgan fingerprint density at radius 3 is 2.41 bits per heavy atom. The maximum absolute atomic E-state index is 13.7. The predicted molar refractivity (Wildman–Crippen MR) is 140 cm³/mol. The Morgan fingerprint density at radius 2 is 1.78 bits per heavy atom. The minimum Gasteiger partial charge on any atom is -0.352 e. The van der Waals surface area contributed by atoms with Crippen molar-refractivity contribution in [1.29, 1.82) is 0 Å². The van der Waals surface area contributed by atoms with Crippen LogP contribution in [0.15, 0.2) is 42.5 Å². The number of hydrogen-bond donors (Lipinski definition) is 1. The minimum atomic E-state index is -3.83. The average molecular weight is 556 g/mol. The second-order valence-electron chi connectivity index (χ2n) is 9.32. The molecule has 3 rings (SSSR count). The Kier molecular flexibility index (Phi) is 9.89. The van der Waals surface area contributed by atoms with Crippen molar-refractivity contribution in [2.45, 2.75) is 64.1 Å². The smallest absolute Gasteiger partial charge is 0.242 e. The van der Waals surface area contributed by atoms with E-state index >= 15 is 0 Å². The van der Waals surface area contributed by atoms with Crippen LogP contribution in [0.4, 0.5) is 14.5 Å². The summed E-state index contributed by atoms with van der Waals surface area (Å²) in [6.45, 7) is 1.64. The third kappa shape index (κ3) is 7.88. The van der Waals surface area contributed by atoms with Crippen molar-refractivity contribution in [1.82, 2.24) is 10.2 Å². The fraction of sp³-hybridized carbons (Fsp3) is 0.462. The second-order valence-corrected chi connectivity index (χ2v) is 11.6. The zero-order valence-electron chi connectivity index (χ0n) is 20.9. The monoisotopic (exact) mass is 555 g/mol. The molecule has 1 fully saturated rings. The second kappa shape index (κ2) is 12.7. The van der Waals surface area contributed by atoms with Gasteiger partial charge < -0.3 is 10.2 Å². The van der Waals surface area contributed by atoms with E-state index in [1.807, 2.05) is 0 Å². The summed E-state index contributed by atoms with van der Waals surface area (Å²) in [5.74, 6) is -2.87. The lowest BCUT2D eigenvalue weighted by atomic mass is 10.1. The third-order valence-corrected chi connectivity index (χ3v) is 8.07. The maximum Gasteiger partial charge on any atom is 0.242 e. The molecule has 2 aromatic carbocycles. The minimum absolute atomic E-state index is 0.0360. The van der Waals surface area contributed by atoms with Gasteiger partial charge in [-0.25, -0.2) is 17.2 Å². The lowest BCUT2D eigenvalue weighted by Gasteiger charge is -2.30. The van der Waals surface area contributed by atoms with E-state index in [-0.39, 0.29) is 49.5 Å². The number of hydrogen-bond acceptors (Lipinski definition) is 4. The Morgan fingerprint density at radius 1 is 1.11 bits per heavy atom. The van der Waals surface area contributed by atoms with Gasteiger partial charge >= 0.3 is 0 Å². The summed E-state index contributed by atoms with van der Waals surface area (Å²) in [6.07, 6.45) is 4.90. The van der Waals surface area contributed by atoms with Crippen LogP contribution in [-0.4, -0.2) is 50.0 Å². The number of carbonyl (C=O) groups is 2. The molecule has 7 nitrogen and oxygen atoms in total. The van der Waals surface area contributed by atoms with Gasteiger partial charge in [0.25, 0.3) is 0 Å². The predicted octanol–water partition coefficient (Wildman–Crippen LogP) is 4.64. The number of nitrogens with one attached hydrogen (secondary N) is 1. The van der Waals surface area contributed by atoms with Crippen molar-refractivity contribution in [3.8, 4) is 0 Å². The molecular weight excluding hydrogens is 524 g/mol. The number of carbonyl (C=O) groups excluding carboxylic acids is 2. The number of benzene rings is 2. The van der Waals surface area contributed by atoms with Gasteiger partial charge in [0, 0.05) is 36.6 Å². The van der Waals surface area contributed by atoms with Gasteiger partial charge in [-0.05, 0) is 49.9 Å². The number of rotatable bonds is 11. The maximum atomic E-state index is 13.7. The van der Waals surface area contributed by atoms with Crippen LogP contribution in [0.25, 0.3) is 0 Å². The fourth-order valence-corrected chi connectivity index (χ4v) is 5.58. The molecule has 11 heteroatoms.